The number of fused-ring (bicyclic) bond motifs is 1. The molecule has 0 unspecified atom stereocenters. The van der Waals surface area contributed by atoms with Crippen molar-refractivity contribution in [2.45, 2.75) is 32.2 Å². The maximum absolute atomic E-state index is 12.7. The van der Waals surface area contributed by atoms with Crippen molar-refractivity contribution < 1.29 is 9.69 Å². The molecule has 136 valence electrons. The average Bonchev–Trinajstić information content (AvgIpc) is 3.16. The Kier molecular flexibility index (Phi) is 4.84. The van der Waals surface area contributed by atoms with Crippen LogP contribution < -0.4 is 15.1 Å². The number of hydrogen-bond acceptors (Lipinski definition) is 4. The van der Waals surface area contributed by atoms with Crippen molar-refractivity contribution in [3.05, 3.63) is 47.8 Å². The highest BCUT2D eigenvalue weighted by molar-refractivity contribution is 5.93. The van der Waals surface area contributed by atoms with E-state index in [1.54, 1.807) is 12.4 Å². The fourth-order valence-corrected chi connectivity index (χ4v) is 3.97. The summed E-state index contributed by atoms with van der Waals surface area (Å²) in [7, 11) is 0. The minimum Gasteiger partial charge on any atom is -0.330 e. The Morgan fingerprint density at radius 1 is 1.15 bits per heavy atom. The number of anilines is 2. The van der Waals surface area contributed by atoms with Crippen molar-refractivity contribution >= 4 is 17.5 Å². The smallest absolute Gasteiger partial charge is 0.282 e. The Morgan fingerprint density at radius 3 is 2.65 bits per heavy atom. The van der Waals surface area contributed by atoms with E-state index in [4.69, 9.17) is 0 Å². The van der Waals surface area contributed by atoms with Crippen LogP contribution in [0.2, 0.25) is 0 Å². The molecule has 1 aromatic heterocycles. The van der Waals surface area contributed by atoms with Gasteiger partial charge in [0.1, 0.15) is 0 Å². The molecule has 0 bridgehead atoms. The number of amides is 1. The van der Waals surface area contributed by atoms with E-state index in [1.807, 2.05) is 19.1 Å². The number of quaternary nitrogens is 1. The SMILES string of the molecule is C[C@@H](C(=O)Nc1ccc2c(c1)CCC2)[NH+]1CCN(c2ncccn2)CC1. The number of nitrogens with zero attached hydrogens (tertiary/aromatic N) is 3. The van der Waals surface area contributed by atoms with Crippen LogP contribution in [0.5, 0.6) is 0 Å². The molecule has 1 saturated heterocycles. The van der Waals surface area contributed by atoms with Crippen LogP contribution >= 0.6 is 0 Å². The van der Waals surface area contributed by atoms with E-state index < -0.39 is 0 Å². The summed E-state index contributed by atoms with van der Waals surface area (Å²) in [6.07, 6.45) is 7.06. The zero-order valence-corrected chi connectivity index (χ0v) is 15.2. The van der Waals surface area contributed by atoms with Gasteiger partial charge < -0.3 is 15.1 Å². The van der Waals surface area contributed by atoms with E-state index in [2.05, 4.69) is 32.3 Å². The van der Waals surface area contributed by atoms with Crippen LogP contribution in [0, 0.1) is 0 Å². The van der Waals surface area contributed by atoms with Gasteiger partial charge in [-0.15, -0.1) is 0 Å². The van der Waals surface area contributed by atoms with Gasteiger partial charge in [0.15, 0.2) is 6.04 Å². The van der Waals surface area contributed by atoms with Crippen LogP contribution in [0.25, 0.3) is 0 Å². The van der Waals surface area contributed by atoms with Gasteiger partial charge in [-0.2, -0.15) is 0 Å². The summed E-state index contributed by atoms with van der Waals surface area (Å²) in [5, 5.41) is 3.11. The number of aryl methyl sites for hydroxylation is 2. The van der Waals surface area contributed by atoms with Gasteiger partial charge in [-0.3, -0.25) is 4.79 Å². The minimum absolute atomic E-state index is 0.0675. The topological polar surface area (TPSA) is 62.6 Å². The van der Waals surface area contributed by atoms with Gasteiger partial charge in [-0.1, -0.05) is 6.07 Å². The van der Waals surface area contributed by atoms with Crippen molar-refractivity contribution in [1.29, 1.82) is 0 Å². The van der Waals surface area contributed by atoms with Crippen LogP contribution in [0.1, 0.15) is 24.5 Å². The van der Waals surface area contributed by atoms with E-state index in [1.165, 1.54) is 28.9 Å². The summed E-state index contributed by atoms with van der Waals surface area (Å²) in [6.45, 7) is 5.59. The molecular formula is C20H26N5O+. The molecule has 2 N–H and O–H groups in total. The van der Waals surface area contributed by atoms with Crippen LogP contribution in [0.3, 0.4) is 0 Å². The number of rotatable bonds is 4. The van der Waals surface area contributed by atoms with Gasteiger partial charge in [-0.25, -0.2) is 9.97 Å². The zero-order chi connectivity index (χ0) is 17.9. The molecule has 2 aliphatic rings. The van der Waals surface area contributed by atoms with E-state index in [9.17, 15) is 4.79 Å². The second-order valence-electron chi connectivity index (χ2n) is 7.24. The molecule has 0 saturated carbocycles. The van der Waals surface area contributed by atoms with Gasteiger partial charge >= 0.3 is 0 Å². The largest absolute Gasteiger partial charge is 0.330 e. The normalized spacial score (nSPS) is 18.4. The lowest BCUT2D eigenvalue weighted by atomic mass is 10.1. The molecule has 2 heterocycles. The molecule has 1 aromatic carbocycles. The second-order valence-corrected chi connectivity index (χ2v) is 7.24. The number of aromatic nitrogens is 2. The predicted molar refractivity (Wildman–Crippen MR) is 102 cm³/mol. The highest BCUT2D eigenvalue weighted by Crippen LogP contribution is 2.24. The third kappa shape index (κ3) is 3.55. The summed E-state index contributed by atoms with van der Waals surface area (Å²) in [6, 6.07) is 8.11. The highest BCUT2D eigenvalue weighted by atomic mass is 16.2. The Balaban J connectivity index is 1.33. The number of benzene rings is 1. The van der Waals surface area contributed by atoms with Crippen molar-refractivity contribution in [3.63, 3.8) is 0 Å². The van der Waals surface area contributed by atoms with Crippen LogP contribution in [-0.4, -0.2) is 48.1 Å². The maximum Gasteiger partial charge on any atom is 0.282 e. The molecular weight excluding hydrogens is 326 g/mol. The Bertz CT molecular complexity index is 771. The van der Waals surface area contributed by atoms with E-state index in [-0.39, 0.29) is 11.9 Å². The molecule has 4 rings (SSSR count). The first kappa shape index (κ1) is 17.0. The molecule has 6 heteroatoms. The van der Waals surface area contributed by atoms with Crippen molar-refractivity contribution in [2.75, 3.05) is 36.4 Å². The molecule has 1 fully saturated rings. The lowest BCUT2D eigenvalue weighted by molar-refractivity contribution is -0.914. The van der Waals surface area contributed by atoms with Gasteiger partial charge in [0, 0.05) is 18.1 Å². The molecule has 1 atom stereocenters. The Hall–Kier alpha value is -2.47. The Morgan fingerprint density at radius 2 is 1.88 bits per heavy atom. The second kappa shape index (κ2) is 7.41. The maximum atomic E-state index is 12.7. The number of hydrogen-bond donors (Lipinski definition) is 2. The Labute approximate surface area is 154 Å². The number of nitrogens with one attached hydrogen (secondary N) is 2. The summed E-state index contributed by atoms with van der Waals surface area (Å²) in [5.41, 5.74) is 3.75. The number of piperazine rings is 1. The average molecular weight is 352 g/mol. The number of carbonyl (C=O) groups excluding carboxylic acids is 1. The molecule has 0 spiro atoms. The summed E-state index contributed by atoms with van der Waals surface area (Å²) < 4.78 is 0. The minimum atomic E-state index is -0.0675. The molecule has 0 radical (unpaired) electrons. The van der Waals surface area contributed by atoms with Crippen molar-refractivity contribution in [1.82, 2.24) is 9.97 Å². The lowest BCUT2D eigenvalue weighted by Gasteiger charge is -2.34. The fraction of sp³-hybridized carbons (Fsp3) is 0.450. The summed E-state index contributed by atoms with van der Waals surface area (Å²) >= 11 is 0. The van der Waals surface area contributed by atoms with Crippen LogP contribution in [0.4, 0.5) is 11.6 Å². The first-order valence-electron chi connectivity index (χ1n) is 9.50. The lowest BCUT2D eigenvalue weighted by Crippen LogP contribution is -3.19. The van der Waals surface area contributed by atoms with E-state index in [0.29, 0.717) is 0 Å². The third-order valence-electron chi connectivity index (χ3n) is 5.61. The van der Waals surface area contributed by atoms with Crippen molar-refractivity contribution in [2.24, 2.45) is 0 Å². The summed E-state index contributed by atoms with van der Waals surface area (Å²) in [5.74, 6) is 0.879. The van der Waals surface area contributed by atoms with Crippen molar-refractivity contribution in [3.8, 4) is 0 Å². The van der Waals surface area contributed by atoms with Gasteiger partial charge in [-0.05, 0) is 55.5 Å². The zero-order valence-electron chi connectivity index (χ0n) is 15.2. The monoisotopic (exact) mass is 352 g/mol. The van der Waals surface area contributed by atoms with Gasteiger partial charge in [0.25, 0.3) is 5.91 Å². The van der Waals surface area contributed by atoms with Crippen LogP contribution in [-0.2, 0) is 17.6 Å². The van der Waals surface area contributed by atoms with Gasteiger partial charge in [0.05, 0.1) is 26.2 Å². The molecule has 6 nitrogen and oxygen atoms in total. The first-order valence-corrected chi connectivity index (χ1v) is 9.50. The van der Waals surface area contributed by atoms with E-state index >= 15 is 0 Å². The number of carbonyl (C=O) groups is 1. The molecule has 1 aliphatic carbocycles. The molecule has 2 aromatic rings. The van der Waals surface area contributed by atoms with Crippen LogP contribution in [0.15, 0.2) is 36.7 Å². The fourth-order valence-electron chi connectivity index (χ4n) is 3.97. The highest BCUT2D eigenvalue weighted by Gasteiger charge is 2.30. The molecule has 1 aliphatic heterocycles. The van der Waals surface area contributed by atoms with E-state index in [0.717, 1.165) is 44.2 Å². The standard InChI is InChI=1S/C20H25N5O/c1-15(19(26)23-18-7-6-16-4-2-5-17(16)14-18)24-10-12-25(13-11-24)20-21-8-3-9-22-20/h3,6-9,14-15H,2,4-5,10-13H2,1H3,(H,23,26)/p+1/t15-/m0/s1. The quantitative estimate of drug-likeness (QED) is 0.850. The summed E-state index contributed by atoms with van der Waals surface area (Å²) in [4.78, 5) is 24.8. The predicted octanol–water partition coefficient (Wildman–Crippen LogP) is 0.697. The molecule has 1 amide bonds. The molecule has 26 heavy (non-hydrogen) atoms. The third-order valence-corrected chi connectivity index (χ3v) is 5.61. The van der Waals surface area contributed by atoms with Gasteiger partial charge in [0.2, 0.25) is 5.95 Å². The first-order chi connectivity index (χ1) is 12.7.